The molecule has 1 fully saturated rings. The van der Waals surface area contributed by atoms with Crippen LogP contribution in [0.4, 0.5) is 24.9 Å². The van der Waals surface area contributed by atoms with Crippen LogP contribution in [-0.2, 0) is 6.42 Å². The number of ether oxygens (including phenoxy) is 1. The van der Waals surface area contributed by atoms with Crippen LogP contribution in [0.2, 0.25) is 0 Å². The Hall–Kier alpha value is -2.59. The third-order valence-electron chi connectivity index (χ3n) is 6.15. The van der Waals surface area contributed by atoms with Crippen LogP contribution in [0.5, 0.6) is 5.75 Å². The first-order valence-corrected chi connectivity index (χ1v) is 12.4. The van der Waals surface area contributed by atoms with Crippen molar-refractivity contribution in [2.75, 3.05) is 50.1 Å². The zero-order valence-corrected chi connectivity index (χ0v) is 21.4. The van der Waals surface area contributed by atoms with E-state index in [1.54, 1.807) is 12.1 Å². The molecule has 1 aromatic heterocycles. The summed E-state index contributed by atoms with van der Waals surface area (Å²) in [5.74, 6) is 2.01. The van der Waals surface area contributed by atoms with Gasteiger partial charge in [0.15, 0.2) is 0 Å². The number of benzene rings is 2. The molecule has 0 saturated carbocycles. The molecule has 35 heavy (non-hydrogen) atoms. The predicted molar refractivity (Wildman–Crippen MR) is 136 cm³/mol. The molecule has 1 aliphatic heterocycles. The Morgan fingerprint density at radius 3 is 2.57 bits per heavy atom. The molecule has 2 heterocycles. The monoisotopic (exact) mass is 551 g/mol. The Morgan fingerprint density at radius 2 is 1.86 bits per heavy atom. The van der Waals surface area contributed by atoms with Crippen LogP contribution < -0.4 is 19.9 Å². The minimum absolute atomic E-state index is 0.158. The quantitative estimate of drug-likeness (QED) is 0.378. The summed E-state index contributed by atoms with van der Waals surface area (Å²) in [6.45, 7) is 3.14. The van der Waals surface area contributed by atoms with Crippen molar-refractivity contribution in [2.24, 2.45) is 5.92 Å². The van der Waals surface area contributed by atoms with Crippen molar-refractivity contribution in [2.45, 2.75) is 25.6 Å². The molecule has 0 spiro atoms. The Morgan fingerprint density at radius 1 is 1.11 bits per heavy atom. The van der Waals surface area contributed by atoms with E-state index in [9.17, 15) is 13.2 Å². The maximum absolute atomic E-state index is 12.7. The largest absolute Gasteiger partial charge is 0.573 e. The third kappa shape index (κ3) is 6.76. The van der Waals surface area contributed by atoms with Crippen LogP contribution in [0.1, 0.15) is 18.4 Å². The number of piperidine rings is 1. The second-order valence-corrected chi connectivity index (χ2v) is 9.86. The van der Waals surface area contributed by atoms with Gasteiger partial charge in [-0.15, -0.1) is 13.2 Å². The lowest BCUT2D eigenvalue weighted by atomic mass is 9.97. The molecule has 188 valence electrons. The number of nitrogens with one attached hydrogen (secondary N) is 1. The van der Waals surface area contributed by atoms with Crippen LogP contribution in [0.3, 0.4) is 0 Å². The molecular weight excluding hydrogens is 523 g/mol. The van der Waals surface area contributed by atoms with Gasteiger partial charge in [-0.3, -0.25) is 0 Å². The molecule has 0 amide bonds. The van der Waals surface area contributed by atoms with Crippen molar-refractivity contribution in [1.29, 1.82) is 0 Å². The van der Waals surface area contributed by atoms with E-state index in [1.807, 2.05) is 43.3 Å². The summed E-state index contributed by atoms with van der Waals surface area (Å²) in [5.41, 5.74) is 1.46. The lowest BCUT2D eigenvalue weighted by molar-refractivity contribution is -0.274. The van der Waals surface area contributed by atoms with Crippen molar-refractivity contribution in [1.82, 2.24) is 15.3 Å². The van der Waals surface area contributed by atoms with Gasteiger partial charge in [0.25, 0.3) is 0 Å². The molecule has 0 atom stereocenters. The first-order valence-electron chi connectivity index (χ1n) is 11.6. The molecule has 0 unspecified atom stereocenters. The first-order chi connectivity index (χ1) is 16.7. The maximum Gasteiger partial charge on any atom is 0.573 e. The van der Waals surface area contributed by atoms with Crippen LogP contribution in [0.25, 0.3) is 10.9 Å². The molecule has 1 saturated heterocycles. The van der Waals surface area contributed by atoms with Crippen molar-refractivity contribution >= 4 is 38.6 Å². The molecule has 2 aromatic carbocycles. The summed E-state index contributed by atoms with van der Waals surface area (Å²) in [6.07, 6.45) is -2.25. The Kier molecular flexibility index (Phi) is 8.01. The van der Waals surface area contributed by atoms with E-state index in [-0.39, 0.29) is 5.75 Å². The van der Waals surface area contributed by atoms with E-state index < -0.39 is 6.36 Å². The summed E-state index contributed by atoms with van der Waals surface area (Å²) in [6, 6.07) is 12.8. The van der Waals surface area contributed by atoms with E-state index >= 15 is 0 Å². The van der Waals surface area contributed by atoms with Crippen LogP contribution in [0.15, 0.2) is 46.9 Å². The number of aromatic nitrogens is 2. The zero-order chi connectivity index (χ0) is 25.0. The lowest BCUT2D eigenvalue weighted by Crippen LogP contribution is -2.38. The SMILES string of the molecule is CN(C)c1nc(N2CCC(CNCCc3ccc(Br)cc3OC(F)(F)F)CC2)nc2ccccc12. The number of nitrogens with zero attached hydrogens (tertiary/aromatic N) is 4. The number of alkyl halides is 3. The highest BCUT2D eigenvalue weighted by molar-refractivity contribution is 9.10. The fourth-order valence-electron chi connectivity index (χ4n) is 4.35. The fraction of sp³-hybridized carbons (Fsp3) is 0.440. The topological polar surface area (TPSA) is 53.5 Å². The van der Waals surface area contributed by atoms with Crippen molar-refractivity contribution in [3.63, 3.8) is 0 Å². The summed E-state index contributed by atoms with van der Waals surface area (Å²) in [5, 5.41) is 4.44. The summed E-state index contributed by atoms with van der Waals surface area (Å²) in [7, 11) is 3.98. The number of para-hydroxylation sites is 1. The smallest absolute Gasteiger partial charge is 0.405 e. The lowest BCUT2D eigenvalue weighted by Gasteiger charge is -2.32. The molecule has 3 aromatic rings. The second-order valence-electron chi connectivity index (χ2n) is 8.94. The van der Waals surface area contributed by atoms with Crippen molar-refractivity contribution in [3.8, 4) is 5.75 Å². The van der Waals surface area contributed by atoms with Crippen LogP contribution in [0, 0.1) is 5.92 Å². The normalized spacial score (nSPS) is 15.0. The maximum atomic E-state index is 12.7. The van der Waals surface area contributed by atoms with Gasteiger partial charge >= 0.3 is 6.36 Å². The van der Waals surface area contributed by atoms with Crippen LogP contribution >= 0.6 is 15.9 Å². The highest BCUT2D eigenvalue weighted by Crippen LogP contribution is 2.30. The van der Waals surface area contributed by atoms with E-state index in [1.165, 1.54) is 6.07 Å². The highest BCUT2D eigenvalue weighted by atomic mass is 79.9. The molecule has 1 aliphatic rings. The third-order valence-corrected chi connectivity index (χ3v) is 6.64. The van der Waals surface area contributed by atoms with Gasteiger partial charge < -0.3 is 19.9 Å². The van der Waals surface area contributed by atoms with Gasteiger partial charge in [-0.25, -0.2) is 4.98 Å². The van der Waals surface area contributed by atoms with Gasteiger partial charge in [0.2, 0.25) is 5.95 Å². The Bertz CT molecular complexity index is 1150. The Labute approximate surface area is 211 Å². The fourth-order valence-corrected chi connectivity index (χ4v) is 4.69. The summed E-state index contributed by atoms with van der Waals surface area (Å²) >= 11 is 3.20. The average Bonchev–Trinajstić information content (AvgIpc) is 2.81. The molecule has 0 bridgehead atoms. The molecule has 4 rings (SSSR count). The number of hydrogen-bond acceptors (Lipinski definition) is 6. The van der Waals surface area contributed by atoms with E-state index in [0.29, 0.717) is 28.9 Å². The van der Waals surface area contributed by atoms with Gasteiger partial charge in [0.05, 0.1) is 5.52 Å². The molecule has 1 N–H and O–H groups in total. The number of halogens is 4. The number of rotatable bonds is 8. The van der Waals surface area contributed by atoms with Gasteiger partial charge in [-0.2, -0.15) is 4.98 Å². The molecule has 0 radical (unpaired) electrons. The average molecular weight is 552 g/mol. The minimum atomic E-state index is -4.71. The van der Waals surface area contributed by atoms with E-state index in [0.717, 1.165) is 55.1 Å². The predicted octanol–water partition coefficient (Wildman–Crippen LogP) is 5.41. The molecule has 6 nitrogen and oxygen atoms in total. The molecular formula is C25H29BrF3N5O. The Balaban J connectivity index is 1.29. The van der Waals surface area contributed by atoms with Crippen molar-refractivity contribution in [3.05, 3.63) is 52.5 Å². The van der Waals surface area contributed by atoms with Gasteiger partial charge in [0.1, 0.15) is 11.6 Å². The number of hydrogen-bond donors (Lipinski definition) is 1. The summed E-state index contributed by atoms with van der Waals surface area (Å²) in [4.78, 5) is 13.9. The van der Waals surface area contributed by atoms with Crippen LogP contribution in [-0.4, -0.2) is 56.6 Å². The van der Waals surface area contributed by atoms with E-state index in [2.05, 4.69) is 30.9 Å². The highest BCUT2D eigenvalue weighted by Gasteiger charge is 2.32. The first kappa shape index (κ1) is 25.5. The van der Waals surface area contributed by atoms with Gasteiger partial charge in [-0.05, 0) is 68.1 Å². The second kappa shape index (κ2) is 11.0. The van der Waals surface area contributed by atoms with Gasteiger partial charge in [0, 0.05) is 37.0 Å². The standard InChI is InChI=1S/C25H29BrF3N5O/c1-33(2)23-20-5-3-4-6-21(20)31-24(32-23)34-13-10-17(11-14-34)16-30-12-9-18-7-8-19(26)15-22(18)35-25(27,28)29/h3-8,15,17,30H,9-14,16H2,1-2H3. The van der Waals surface area contributed by atoms with E-state index in [4.69, 9.17) is 9.97 Å². The number of anilines is 2. The van der Waals surface area contributed by atoms with Gasteiger partial charge in [-0.1, -0.05) is 34.1 Å². The molecule has 10 heteroatoms. The number of fused-ring (bicyclic) bond motifs is 1. The zero-order valence-electron chi connectivity index (χ0n) is 19.8. The summed E-state index contributed by atoms with van der Waals surface area (Å²) < 4.78 is 42.9. The minimum Gasteiger partial charge on any atom is -0.405 e. The molecule has 0 aliphatic carbocycles. The van der Waals surface area contributed by atoms with Crippen molar-refractivity contribution < 1.29 is 17.9 Å².